The third kappa shape index (κ3) is 5.09. The molecule has 38 heavy (non-hydrogen) atoms. The van der Waals surface area contributed by atoms with Gasteiger partial charge in [0.1, 0.15) is 17.3 Å². The van der Waals surface area contributed by atoms with E-state index in [4.69, 9.17) is 20.9 Å². The topological polar surface area (TPSA) is 154 Å². The zero-order valence-corrected chi connectivity index (χ0v) is 20.6. The van der Waals surface area contributed by atoms with E-state index in [9.17, 15) is 9.59 Å². The number of nitrogen functional groups attached to an aromatic ring is 2. The zero-order chi connectivity index (χ0) is 26.8. The SMILES string of the molecule is COc1cc(NC(=O)c2ccc3nc(N)ccc3c2)ccc1NC(=O)Oc1ccc2nc(C)cc(N)c2c1. The van der Waals surface area contributed by atoms with Crippen molar-refractivity contribution in [3.63, 3.8) is 0 Å². The molecule has 10 heteroatoms. The van der Waals surface area contributed by atoms with Gasteiger partial charge in [-0.15, -0.1) is 0 Å². The van der Waals surface area contributed by atoms with Crippen LogP contribution in [0.1, 0.15) is 16.1 Å². The number of amides is 2. The fourth-order valence-electron chi connectivity index (χ4n) is 4.03. The van der Waals surface area contributed by atoms with Crippen molar-refractivity contribution >= 4 is 56.7 Å². The minimum atomic E-state index is -0.719. The second-order valence-corrected chi connectivity index (χ2v) is 8.56. The number of nitrogens with zero attached hydrogens (tertiary/aromatic N) is 2. The van der Waals surface area contributed by atoms with Gasteiger partial charge in [-0.1, -0.05) is 0 Å². The smallest absolute Gasteiger partial charge is 0.417 e. The van der Waals surface area contributed by atoms with Gasteiger partial charge in [-0.2, -0.15) is 0 Å². The highest BCUT2D eigenvalue weighted by Gasteiger charge is 2.14. The van der Waals surface area contributed by atoms with Crippen molar-refractivity contribution in [2.45, 2.75) is 6.92 Å². The monoisotopic (exact) mass is 508 g/mol. The van der Waals surface area contributed by atoms with E-state index < -0.39 is 6.09 Å². The van der Waals surface area contributed by atoms with Crippen molar-refractivity contribution in [1.29, 1.82) is 0 Å². The number of carbonyl (C=O) groups is 2. The number of aromatic nitrogens is 2. The summed E-state index contributed by atoms with van der Waals surface area (Å²) in [6, 6.07) is 20.3. The lowest BCUT2D eigenvalue weighted by Crippen LogP contribution is -2.17. The van der Waals surface area contributed by atoms with E-state index >= 15 is 0 Å². The lowest BCUT2D eigenvalue weighted by Gasteiger charge is -2.13. The first kappa shape index (κ1) is 24.3. The molecule has 0 atom stereocenters. The van der Waals surface area contributed by atoms with Gasteiger partial charge in [0.25, 0.3) is 5.91 Å². The summed E-state index contributed by atoms with van der Waals surface area (Å²) in [4.78, 5) is 34.1. The Morgan fingerprint density at radius 1 is 0.842 bits per heavy atom. The first-order chi connectivity index (χ1) is 18.3. The molecule has 0 saturated carbocycles. The van der Waals surface area contributed by atoms with Crippen molar-refractivity contribution in [3.05, 3.63) is 84.1 Å². The number of benzene rings is 3. The Hall–Kier alpha value is -5.38. The van der Waals surface area contributed by atoms with E-state index in [1.54, 1.807) is 66.7 Å². The maximum Gasteiger partial charge on any atom is 0.417 e. The second-order valence-electron chi connectivity index (χ2n) is 8.56. The van der Waals surface area contributed by atoms with Crippen LogP contribution in [0.25, 0.3) is 21.8 Å². The average molecular weight is 509 g/mol. The van der Waals surface area contributed by atoms with E-state index in [0.717, 1.165) is 11.1 Å². The van der Waals surface area contributed by atoms with Crippen LogP contribution in [0.2, 0.25) is 0 Å². The Labute approximate surface area is 217 Å². The van der Waals surface area contributed by atoms with Crippen LogP contribution in [-0.4, -0.2) is 29.1 Å². The van der Waals surface area contributed by atoms with E-state index in [-0.39, 0.29) is 5.91 Å². The molecule has 6 N–H and O–H groups in total. The summed E-state index contributed by atoms with van der Waals surface area (Å²) in [5, 5.41) is 6.97. The summed E-state index contributed by atoms with van der Waals surface area (Å²) >= 11 is 0. The van der Waals surface area contributed by atoms with Gasteiger partial charge in [-0.05, 0) is 73.7 Å². The Balaban J connectivity index is 1.28. The summed E-state index contributed by atoms with van der Waals surface area (Å²) in [6.45, 7) is 1.86. The van der Waals surface area contributed by atoms with Crippen LogP contribution in [-0.2, 0) is 0 Å². The molecule has 2 aromatic heterocycles. The molecule has 2 heterocycles. The lowest BCUT2D eigenvalue weighted by molar-refractivity contribution is 0.102. The molecule has 5 rings (SSSR count). The second kappa shape index (κ2) is 9.94. The summed E-state index contributed by atoms with van der Waals surface area (Å²) in [7, 11) is 1.46. The van der Waals surface area contributed by atoms with Crippen LogP contribution in [0, 0.1) is 6.92 Å². The Morgan fingerprint density at radius 3 is 2.47 bits per heavy atom. The van der Waals surface area contributed by atoms with E-state index in [2.05, 4.69) is 20.6 Å². The highest BCUT2D eigenvalue weighted by atomic mass is 16.6. The van der Waals surface area contributed by atoms with Gasteiger partial charge in [0.2, 0.25) is 0 Å². The lowest BCUT2D eigenvalue weighted by atomic mass is 10.1. The number of pyridine rings is 2. The van der Waals surface area contributed by atoms with Crippen molar-refractivity contribution in [2.75, 3.05) is 29.2 Å². The Kier molecular flexibility index (Phi) is 6.36. The Bertz CT molecular complexity index is 1720. The number of rotatable bonds is 5. The summed E-state index contributed by atoms with van der Waals surface area (Å²) in [6.07, 6.45) is -0.719. The highest BCUT2D eigenvalue weighted by molar-refractivity contribution is 6.06. The number of hydrogen-bond acceptors (Lipinski definition) is 8. The van der Waals surface area contributed by atoms with E-state index in [0.29, 0.717) is 56.4 Å². The fraction of sp³-hybridized carbons (Fsp3) is 0.0714. The highest BCUT2D eigenvalue weighted by Crippen LogP contribution is 2.30. The number of methoxy groups -OCH3 is 1. The molecule has 10 nitrogen and oxygen atoms in total. The van der Waals surface area contributed by atoms with E-state index in [1.165, 1.54) is 7.11 Å². The summed E-state index contributed by atoms with van der Waals surface area (Å²) < 4.78 is 10.8. The maximum absolute atomic E-state index is 12.8. The number of nitrogens with two attached hydrogens (primary N) is 2. The van der Waals surface area contributed by atoms with Crippen LogP contribution in [0.15, 0.2) is 72.8 Å². The number of fused-ring (bicyclic) bond motifs is 2. The molecule has 190 valence electrons. The molecule has 0 aliphatic carbocycles. The number of nitrogens with one attached hydrogen (secondary N) is 2. The van der Waals surface area contributed by atoms with Gasteiger partial charge in [-0.25, -0.2) is 9.78 Å². The molecule has 0 unspecified atom stereocenters. The molecule has 0 fully saturated rings. The van der Waals surface area contributed by atoms with Crippen molar-refractivity contribution in [1.82, 2.24) is 9.97 Å². The molecule has 3 aromatic carbocycles. The largest absolute Gasteiger partial charge is 0.494 e. The molecule has 0 bridgehead atoms. The quantitative estimate of drug-likeness (QED) is 0.255. The van der Waals surface area contributed by atoms with Gasteiger partial charge < -0.3 is 26.3 Å². The van der Waals surface area contributed by atoms with Crippen LogP contribution >= 0.6 is 0 Å². The molecule has 0 aliphatic heterocycles. The van der Waals surface area contributed by atoms with Crippen LogP contribution < -0.4 is 31.6 Å². The average Bonchev–Trinajstić information content (AvgIpc) is 2.89. The van der Waals surface area contributed by atoms with Gasteiger partial charge in [0, 0.05) is 39.5 Å². The standard InChI is InChI=1S/C28H24N6O4/c1-15-11-21(29)20-14-19(6-9-23(20)31-15)38-28(36)34-24-8-5-18(13-25(24)37-2)32-27(35)17-3-7-22-16(12-17)4-10-26(30)33-22/h3-14H,1-2H3,(H2,29,31)(H2,30,33)(H,32,35)(H,34,36). The number of anilines is 4. The Morgan fingerprint density at radius 2 is 1.66 bits per heavy atom. The first-order valence-corrected chi connectivity index (χ1v) is 11.6. The van der Waals surface area contributed by atoms with E-state index in [1.807, 2.05) is 13.0 Å². The molecule has 0 aliphatic rings. The number of hydrogen-bond donors (Lipinski definition) is 4. The van der Waals surface area contributed by atoms with Crippen molar-refractivity contribution in [2.24, 2.45) is 0 Å². The molecular formula is C28H24N6O4. The molecule has 0 spiro atoms. The van der Waals surface area contributed by atoms with Crippen molar-refractivity contribution in [3.8, 4) is 11.5 Å². The van der Waals surface area contributed by atoms with Gasteiger partial charge in [0.15, 0.2) is 0 Å². The molecular weight excluding hydrogens is 484 g/mol. The third-order valence-electron chi connectivity index (χ3n) is 5.82. The van der Waals surface area contributed by atoms with Crippen molar-refractivity contribution < 1.29 is 19.1 Å². The minimum Gasteiger partial charge on any atom is -0.494 e. The third-order valence-corrected chi connectivity index (χ3v) is 5.82. The normalized spacial score (nSPS) is 10.8. The number of aryl methyl sites for hydroxylation is 1. The molecule has 0 saturated heterocycles. The number of carbonyl (C=O) groups excluding carboxylic acids is 2. The fourth-order valence-corrected chi connectivity index (χ4v) is 4.03. The summed E-state index contributed by atoms with van der Waals surface area (Å²) in [5.41, 5.74) is 15.9. The van der Waals surface area contributed by atoms with Gasteiger partial charge >= 0.3 is 6.09 Å². The van der Waals surface area contributed by atoms with Gasteiger partial charge in [0.05, 0.1) is 23.8 Å². The zero-order valence-electron chi connectivity index (χ0n) is 20.6. The number of ether oxygens (including phenoxy) is 2. The first-order valence-electron chi connectivity index (χ1n) is 11.6. The molecule has 5 aromatic rings. The summed E-state index contributed by atoms with van der Waals surface area (Å²) in [5.74, 6) is 0.740. The molecule has 0 radical (unpaired) electrons. The van der Waals surface area contributed by atoms with Crippen LogP contribution in [0.3, 0.4) is 0 Å². The maximum atomic E-state index is 12.8. The molecule has 2 amide bonds. The predicted molar refractivity (Wildman–Crippen MR) is 148 cm³/mol. The minimum absolute atomic E-state index is 0.309. The van der Waals surface area contributed by atoms with Crippen LogP contribution in [0.5, 0.6) is 11.5 Å². The predicted octanol–water partition coefficient (Wildman–Crippen LogP) is 5.13. The van der Waals surface area contributed by atoms with Crippen LogP contribution in [0.4, 0.5) is 27.7 Å². The van der Waals surface area contributed by atoms with Gasteiger partial charge in [-0.3, -0.25) is 15.1 Å².